The van der Waals surface area contributed by atoms with Crippen LogP contribution < -0.4 is 5.73 Å². The van der Waals surface area contributed by atoms with Gasteiger partial charge < -0.3 is 5.73 Å². The van der Waals surface area contributed by atoms with Crippen LogP contribution in [0.1, 0.15) is 66.2 Å². The Labute approximate surface area is 108 Å². The number of likely N-dealkylation sites (N-methyl/N-ethyl adjacent to an activating group) is 1. The van der Waals surface area contributed by atoms with Crippen molar-refractivity contribution >= 4 is 0 Å². The Morgan fingerprint density at radius 2 is 1.53 bits per heavy atom. The van der Waals surface area contributed by atoms with Gasteiger partial charge in [0.2, 0.25) is 0 Å². The number of nitrogens with zero attached hydrogens (tertiary/aromatic N) is 1. The molecule has 2 N–H and O–H groups in total. The molecule has 0 bridgehead atoms. The number of nitrogens with two attached hydrogens (primary N) is 1. The van der Waals surface area contributed by atoms with Crippen molar-refractivity contribution in [2.45, 2.75) is 84.3 Å². The molecular formula is C15H32N2. The molecule has 2 unspecified atom stereocenters. The molecule has 1 fully saturated rings. The van der Waals surface area contributed by atoms with Crippen molar-refractivity contribution in [1.29, 1.82) is 0 Å². The molecule has 0 aliphatic heterocycles. The van der Waals surface area contributed by atoms with Crippen LogP contribution in [0.15, 0.2) is 0 Å². The van der Waals surface area contributed by atoms with E-state index >= 15 is 0 Å². The van der Waals surface area contributed by atoms with E-state index in [0.717, 1.165) is 6.04 Å². The van der Waals surface area contributed by atoms with E-state index in [1.807, 2.05) is 0 Å². The summed E-state index contributed by atoms with van der Waals surface area (Å²) in [6.07, 6.45) is 8.34. The summed E-state index contributed by atoms with van der Waals surface area (Å²) in [5.74, 6) is 0. The smallest absolute Gasteiger partial charge is 0.0292 e. The summed E-state index contributed by atoms with van der Waals surface area (Å²) >= 11 is 0. The number of hydrogen-bond acceptors (Lipinski definition) is 2. The highest BCUT2D eigenvalue weighted by atomic mass is 15.2. The molecule has 17 heavy (non-hydrogen) atoms. The largest absolute Gasteiger partial charge is 0.327 e. The minimum Gasteiger partial charge on any atom is -0.327 e. The van der Waals surface area contributed by atoms with Gasteiger partial charge in [0.1, 0.15) is 0 Å². The van der Waals surface area contributed by atoms with Gasteiger partial charge in [-0.25, -0.2) is 0 Å². The predicted octanol–water partition coefficient (Wildman–Crippen LogP) is 3.40. The van der Waals surface area contributed by atoms with E-state index < -0.39 is 0 Å². The third kappa shape index (κ3) is 4.26. The van der Waals surface area contributed by atoms with Crippen LogP contribution in [-0.2, 0) is 0 Å². The Balaban J connectivity index is 2.72. The third-order valence-electron chi connectivity index (χ3n) is 4.22. The summed E-state index contributed by atoms with van der Waals surface area (Å²) in [6, 6.07) is 1.46. The fraction of sp³-hybridized carbons (Fsp3) is 1.00. The maximum atomic E-state index is 6.23. The van der Waals surface area contributed by atoms with Gasteiger partial charge >= 0.3 is 0 Å². The molecule has 0 aromatic heterocycles. The SMILES string of the molecule is CC(N)C(N(C)C1CCCCCC1)C(C)(C)C. The van der Waals surface area contributed by atoms with E-state index in [2.05, 4.69) is 39.6 Å². The summed E-state index contributed by atoms with van der Waals surface area (Å²) in [7, 11) is 2.29. The molecule has 1 rings (SSSR count). The van der Waals surface area contributed by atoms with E-state index in [9.17, 15) is 0 Å². The first kappa shape index (κ1) is 15.0. The normalized spacial score (nSPS) is 23.5. The molecule has 0 heterocycles. The van der Waals surface area contributed by atoms with Gasteiger partial charge in [0.25, 0.3) is 0 Å². The first-order chi connectivity index (χ1) is 7.84. The lowest BCUT2D eigenvalue weighted by Crippen LogP contribution is -2.55. The molecule has 1 aliphatic rings. The van der Waals surface area contributed by atoms with Crippen LogP contribution in [0.25, 0.3) is 0 Å². The van der Waals surface area contributed by atoms with Gasteiger partial charge in [0.15, 0.2) is 0 Å². The minimum atomic E-state index is 0.239. The summed E-state index contributed by atoms with van der Waals surface area (Å²) in [6.45, 7) is 9.10. The highest BCUT2D eigenvalue weighted by molar-refractivity contribution is 4.91. The van der Waals surface area contributed by atoms with Crippen molar-refractivity contribution in [1.82, 2.24) is 4.90 Å². The van der Waals surface area contributed by atoms with Gasteiger partial charge in [-0.3, -0.25) is 4.90 Å². The topological polar surface area (TPSA) is 29.3 Å². The lowest BCUT2D eigenvalue weighted by molar-refractivity contribution is 0.0619. The van der Waals surface area contributed by atoms with Gasteiger partial charge in [0.05, 0.1) is 0 Å². The van der Waals surface area contributed by atoms with E-state index in [0.29, 0.717) is 6.04 Å². The summed E-state index contributed by atoms with van der Waals surface area (Å²) in [4.78, 5) is 2.58. The maximum absolute atomic E-state index is 6.23. The zero-order valence-corrected chi connectivity index (χ0v) is 12.5. The fourth-order valence-electron chi connectivity index (χ4n) is 3.66. The standard InChI is InChI=1S/C15H32N2/c1-12(16)14(15(2,3)4)17(5)13-10-8-6-7-9-11-13/h12-14H,6-11,16H2,1-5H3. The first-order valence-corrected chi connectivity index (χ1v) is 7.31. The molecule has 0 spiro atoms. The second-order valence-corrected chi connectivity index (χ2v) is 6.98. The Morgan fingerprint density at radius 1 is 1.06 bits per heavy atom. The van der Waals surface area contributed by atoms with Crippen molar-refractivity contribution in [2.75, 3.05) is 7.05 Å². The van der Waals surface area contributed by atoms with Gasteiger partial charge in [-0.05, 0) is 32.2 Å². The van der Waals surface area contributed by atoms with Crippen LogP contribution >= 0.6 is 0 Å². The highest BCUT2D eigenvalue weighted by Crippen LogP contribution is 2.30. The molecule has 0 aromatic rings. The van der Waals surface area contributed by atoms with Gasteiger partial charge in [0, 0.05) is 18.1 Å². The van der Waals surface area contributed by atoms with Crippen molar-refractivity contribution in [3.05, 3.63) is 0 Å². The monoisotopic (exact) mass is 240 g/mol. The maximum Gasteiger partial charge on any atom is 0.0292 e. The average molecular weight is 240 g/mol. The summed E-state index contributed by atoms with van der Waals surface area (Å²) in [5.41, 5.74) is 6.49. The first-order valence-electron chi connectivity index (χ1n) is 7.31. The Hall–Kier alpha value is -0.0800. The van der Waals surface area contributed by atoms with E-state index in [1.54, 1.807) is 0 Å². The second-order valence-electron chi connectivity index (χ2n) is 6.98. The molecule has 1 aliphatic carbocycles. The van der Waals surface area contributed by atoms with Crippen LogP contribution in [0.5, 0.6) is 0 Å². The summed E-state index contributed by atoms with van der Waals surface area (Å²) < 4.78 is 0. The molecule has 0 aromatic carbocycles. The van der Waals surface area contributed by atoms with Crippen LogP contribution in [0, 0.1) is 5.41 Å². The van der Waals surface area contributed by atoms with E-state index in [1.165, 1.54) is 38.5 Å². The average Bonchev–Trinajstić information content (AvgIpc) is 2.42. The Kier molecular flexibility index (Phi) is 5.46. The molecule has 0 amide bonds. The van der Waals surface area contributed by atoms with Crippen molar-refractivity contribution in [3.63, 3.8) is 0 Å². The van der Waals surface area contributed by atoms with Gasteiger partial charge in [-0.15, -0.1) is 0 Å². The minimum absolute atomic E-state index is 0.239. The molecule has 2 atom stereocenters. The molecule has 2 heteroatoms. The van der Waals surface area contributed by atoms with Crippen molar-refractivity contribution in [3.8, 4) is 0 Å². The zero-order chi connectivity index (χ0) is 13.1. The predicted molar refractivity (Wildman–Crippen MR) is 76.1 cm³/mol. The summed E-state index contributed by atoms with van der Waals surface area (Å²) in [5, 5.41) is 0. The molecular weight excluding hydrogens is 208 g/mol. The zero-order valence-electron chi connectivity index (χ0n) is 12.5. The van der Waals surface area contributed by atoms with Crippen LogP contribution in [0.2, 0.25) is 0 Å². The van der Waals surface area contributed by atoms with Crippen molar-refractivity contribution < 1.29 is 0 Å². The van der Waals surface area contributed by atoms with E-state index in [-0.39, 0.29) is 11.5 Å². The Bertz CT molecular complexity index is 209. The van der Waals surface area contributed by atoms with Crippen molar-refractivity contribution in [2.24, 2.45) is 11.1 Å². The quantitative estimate of drug-likeness (QED) is 0.766. The lowest BCUT2D eigenvalue weighted by Gasteiger charge is -2.44. The number of rotatable bonds is 3. The fourth-order valence-corrected chi connectivity index (χ4v) is 3.66. The molecule has 102 valence electrons. The van der Waals surface area contributed by atoms with Gasteiger partial charge in [-0.2, -0.15) is 0 Å². The highest BCUT2D eigenvalue weighted by Gasteiger charge is 2.34. The number of hydrogen-bond donors (Lipinski definition) is 1. The van der Waals surface area contributed by atoms with Crippen LogP contribution in [-0.4, -0.2) is 30.1 Å². The molecule has 0 radical (unpaired) electrons. The van der Waals surface area contributed by atoms with Crippen LogP contribution in [0.3, 0.4) is 0 Å². The molecule has 0 saturated heterocycles. The Morgan fingerprint density at radius 3 is 1.88 bits per heavy atom. The van der Waals surface area contributed by atoms with E-state index in [4.69, 9.17) is 5.73 Å². The second kappa shape index (κ2) is 6.19. The van der Waals surface area contributed by atoms with Crippen LogP contribution in [0.4, 0.5) is 0 Å². The van der Waals surface area contributed by atoms with Gasteiger partial charge in [-0.1, -0.05) is 46.5 Å². The lowest BCUT2D eigenvalue weighted by atomic mass is 9.81. The molecule has 2 nitrogen and oxygen atoms in total. The third-order valence-corrected chi connectivity index (χ3v) is 4.22. The molecule has 1 saturated carbocycles.